The molecule has 1 fully saturated rings. The normalized spacial score (nSPS) is 13.9. The number of para-hydroxylation sites is 2. The van der Waals surface area contributed by atoms with Crippen LogP contribution in [0.3, 0.4) is 0 Å². The molecule has 1 aliphatic rings. The molecular formula is C31H33ClN4O2. The van der Waals surface area contributed by atoms with Gasteiger partial charge in [0.1, 0.15) is 12.4 Å². The fourth-order valence-electron chi connectivity index (χ4n) is 5.33. The third-order valence-electron chi connectivity index (χ3n) is 7.28. The number of rotatable bonds is 9. The van der Waals surface area contributed by atoms with E-state index < -0.39 is 0 Å². The van der Waals surface area contributed by atoms with Crippen LogP contribution >= 0.6 is 11.6 Å². The number of nitrogens with one attached hydrogen (secondary N) is 1. The molecule has 1 saturated carbocycles. The van der Waals surface area contributed by atoms with Crippen LogP contribution in [0.25, 0.3) is 11.0 Å². The van der Waals surface area contributed by atoms with Crippen LogP contribution in [0.15, 0.2) is 78.9 Å². The Bertz CT molecular complexity index is 1400. The minimum atomic E-state index is -0.183. The summed E-state index contributed by atoms with van der Waals surface area (Å²) >= 11 is 6.04. The molecule has 3 aromatic carbocycles. The van der Waals surface area contributed by atoms with Crippen LogP contribution in [0.4, 0.5) is 0 Å². The smallest absolute Gasteiger partial charge is 0.251 e. The number of amides is 2. The maximum absolute atomic E-state index is 13.9. The van der Waals surface area contributed by atoms with E-state index in [1.54, 1.807) is 24.3 Å². The molecule has 5 rings (SSSR count). The zero-order valence-corrected chi connectivity index (χ0v) is 22.2. The predicted octanol–water partition coefficient (Wildman–Crippen LogP) is 6.02. The molecular weight excluding hydrogens is 496 g/mol. The lowest BCUT2D eigenvalue weighted by Crippen LogP contribution is -2.42. The van der Waals surface area contributed by atoms with Crippen molar-refractivity contribution in [2.24, 2.45) is 0 Å². The van der Waals surface area contributed by atoms with Gasteiger partial charge in [-0.3, -0.25) is 9.59 Å². The Hall–Kier alpha value is -3.64. The van der Waals surface area contributed by atoms with Gasteiger partial charge in [-0.25, -0.2) is 4.98 Å². The number of nitrogens with zero attached hydrogens (tertiary/aromatic N) is 3. The van der Waals surface area contributed by atoms with Gasteiger partial charge in [0.25, 0.3) is 5.91 Å². The minimum Gasteiger partial charge on any atom is -0.352 e. The van der Waals surface area contributed by atoms with Crippen molar-refractivity contribution >= 4 is 34.4 Å². The topological polar surface area (TPSA) is 67.2 Å². The second-order valence-corrected chi connectivity index (χ2v) is 10.4. The molecule has 0 atom stereocenters. The number of hydrogen-bond donors (Lipinski definition) is 1. The molecule has 0 saturated heterocycles. The Morgan fingerprint density at radius 1 is 0.947 bits per heavy atom. The number of aromatic nitrogens is 2. The summed E-state index contributed by atoms with van der Waals surface area (Å²) in [5, 5.41) is 3.48. The number of hydrogen-bond acceptors (Lipinski definition) is 3. The summed E-state index contributed by atoms with van der Waals surface area (Å²) in [6.45, 7) is 1.24. The van der Waals surface area contributed by atoms with E-state index in [0.29, 0.717) is 30.1 Å². The fraction of sp³-hybridized carbons (Fsp3) is 0.323. The van der Waals surface area contributed by atoms with Gasteiger partial charge in [0.2, 0.25) is 5.91 Å². The Balaban J connectivity index is 1.34. The highest BCUT2D eigenvalue weighted by molar-refractivity contribution is 6.30. The lowest BCUT2D eigenvalue weighted by atomic mass is 9.93. The van der Waals surface area contributed by atoms with Gasteiger partial charge in [-0.2, -0.15) is 0 Å². The summed E-state index contributed by atoms with van der Waals surface area (Å²) in [5.74, 6) is 0.708. The number of benzene rings is 3. The van der Waals surface area contributed by atoms with E-state index in [1.807, 2.05) is 47.0 Å². The van der Waals surface area contributed by atoms with Crippen molar-refractivity contribution in [3.63, 3.8) is 0 Å². The molecule has 7 heteroatoms. The third-order valence-corrected chi connectivity index (χ3v) is 7.51. The first-order chi connectivity index (χ1) is 18.6. The largest absolute Gasteiger partial charge is 0.352 e. The van der Waals surface area contributed by atoms with Gasteiger partial charge in [0.05, 0.1) is 11.0 Å². The molecule has 1 heterocycles. The van der Waals surface area contributed by atoms with E-state index in [1.165, 1.54) is 6.42 Å². The van der Waals surface area contributed by atoms with Crippen molar-refractivity contribution < 1.29 is 9.59 Å². The first-order valence-electron chi connectivity index (χ1n) is 13.4. The standard InChI is InChI=1S/C31H33ClN4O2/c32-25-13-9-12-24(20-25)31(38)33-19-18-29-34-27-16-7-8-17-28(27)36(29)22-30(37)35(26-14-5-2-6-15-26)21-23-10-3-1-4-11-23/h1,3-4,7-13,16-17,20,26H,2,5-6,14-15,18-19,21-22H2,(H,33,38). The van der Waals surface area contributed by atoms with Crippen molar-refractivity contribution in [1.29, 1.82) is 0 Å². The molecule has 4 aromatic rings. The number of imidazole rings is 1. The van der Waals surface area contributed by atoms with E-state index in [4.69, 9.17) is 16.6 Å². The number of halogens is 1. The van der Waals surface area contributed by atoms with Crippen LogP contribution in [0.2, 0.25) is 5.02 Å². The summed E-state index contributed by atoms with van der Waals surface area (Å²) in [4.78, 5) is 33.4. The lowest BCUT2D eigenvalue weighted by molar-refractivity contribution is -0.135. The summed E-state index contributed by atoms with van der Waals surface area (Å²) in [6, 6.07) is 25.3. The highest BCUT2D eigenvalue weighted by Crippen LogP contribution is 2.25. The molecule has 1 aliphatic carbocycles. The lowest BCUT2D eigenvalue weighted by Gasteiger charge is -2.35. The monoisotopic (exact) mass is 528 g/mol. The Morgan fingerprint density at radius 3 is 2.50 bits per heavy atom. The zero-order chi connectivity index (χ0) is 26.3. The van der Waals surface area contributed by atoms with Crippen molar-refractivity contribution in [1.82, 2.24) is 19.8 Å². The van der Waals surface area contributed by atoms with Gasteiger partial charge in [-0.1, -0.05) is 79.4 Å². The van der Waals surface area contributed by atoms with Gasteiger partial charge in [0.15, 0.2) is 0 Å². The summed E-state index contributed by atoms with van der Waals surface area (Å²) < 4.78 is 2.02. The Morgan fingerprint density at radius 2 is 1.71 bits per heavy atom. The second-order valence-electron chi connectivity index (χ2n) is 9.92. The number of carbonyl (C=O) groups excluding carboxylic acids is 2. The van der Waals surface area contributed by atoms with Gasteiger partial charge < -0.3 is 14.8 Å². The SMILES string of the molecule is O=C(NCCc1nc2ccccc2n1CC(=O)N(Cc1ccccc1)C1CCCCC1)c1cccc(Cl)c1. The van der Waals surface area contributed by atoms with E-state index >= 15 is 0 Å². The molecule has 1 N–H and O–H groups in total. The van der Waals surface area contributed by atoms with E-state index in [0.717, 1.165) is 48.1 Å². The van der Waals surface area contributed by atoms with Gasteiger partial charge in [0, 0.05) is 36.1 Å². The first-order valence-corrected chi connectivity index (χ1v) is 13.8. The predicted molar refractivity (Wildman–Crippen MR) is 151 cm³/mol. The van der Waals surface area contributed by atoms with Crippen LogP contribution in [0.5, 0.6) is 0 Å². The maximum Gasteiger partial charge on any atom is 0.251 e. The molecule has 0 unspecified atom stereocenters. The average molecular weight is 529 g/mol. The Kier molecular flexibility index (Phi) is 8.39. The minimum absolute atomic E-state index is 0.105. The fourth-order valence-corrected chi connectivity index (χ4v) is 5.52. The van der Waals surface area contributed by atoms with Crippen LogP contribution in [0.1, 0.15) is 53.8 Å². The summed E-state index contributed by atoms with van der Waals surface area (Å²) in [7, 11) is 0. The molecule has 6 nitrogen and oxygen atoms in total. The molecule has 196 valence electrons. The van der Waals surface area contributed by atoms with E-state index in [9.17, 15) is 9.59 Å². The number of carbonyl (C=O) groups is 2. The summed E-state index contributed by atoms with van der Waals surface area (Å²) in [6.07, 6.45) is 6.17. The number of fused-ring (bicyclic) bond motifs is 1. The quantitative estimate of drug-likeness (QED) is 0.289. The molecule has 0 aliphatic heterocycles. The maximum atomic E-state index is 13.9. The van der Waals surface area contributed by atoms with Gasteiger partial charge in [-0.15, -0.1) is 0 Å². The second kappa shape index (κ2) is 12.3. The van der Waals surface area contributed by atoms with Crippen molar-refractivity contribution in [3.8, 4) is 0 Å². The van der Waals surface area contributed by atoms with Crippen LogP contribution in [-0.2, 0) is 24.3 Å². The molecule has 0 spiro atoms. The third kappa shape index (κ3) is 6.25. The molecule has 38 heavy (non-hydrogen) atoms. The molecule has 0 radical (unpaired) electrons. The average Bonchev–Trinajstić information content (AvgIpc) is 3.29. The van der Waals surface area contributed by atoms with E-state index in [2.05, 4.69) is 22.3 Å². The van der Waals surface area contributed by atoms with Crippen molar-refractivity contribution in [2.75, 3.05) is 6.54 Å². The van der Waals surface area contributed by atoms with Gasteiger partial charge in [-0.05, 0) is 48.7 Å². The highest BCUT2D eigenvalue weighted by Gasteiger charge is 2.27. The Labute approximate surface area is 228 Å². The first kappa shape index (κ1) is 26.0. The van der Waals surface area contributed by atoms with Gasteiger partial charge >= 0.3 is 0 Å². The highest BCUT2D eigenvalue weighted by atomic mass is 35.5. The summed E-state index contributed by atoms with van der Waals surface area (Å²) in [5.41, 5.74) is 3.44. The van der Waals surface area contributed by atoms with Crippen LogP contribution in [-0.4, -0.2) is 38.9 Å². The van der Waals surface area contributed by atoms with Crippen molar-refractivity contribution in [3.05, 3.63) is 101 Å². The van der Waals surface area contributed by atoms with Crippen LogP contribution < -0.4 is 5.32 Å². The molecule has 0 bridgehead atoms. The zero-order valence-electron chi connectivity index (χ0n) is 21.5. The van der Waals surface area contributed by atoms with Crippen molar-refractivity contribution in [2.45, 2.75) is 57.7 Å². The molecule has 1 aromatic heterocycles. The van der Waals surface area contributed by atoms with Crippen LogP contribution in [0, 0.1) is 0 Å². The van der Waals surface area contributed by atoms with E-state index in [-0.39, 0.29) is 24.4 Å². The molecule has 2 amide bonds.